The normalized spacial score (nSPS) is 10.6. The van der Waals surface area contributed by atoms with Crippen molar-refractivity contribution in [3.05, 3.63) is 18.9 Å². The topological polar surface area (TPSA) is 69.9 Å². The van der Waals surface area contributed by atoms with Gasteiger partial charge < -0.3 is 9.30 Å². The maximum Gasteiger partial charge on any atom is 0.305 e. The zero-order chi connectivity index (χ0) is 11.4. The van der Waals surface area contributed by atoms with E-state index in [-0.39, 0.29) is 5.97 Å². The molecule has 0 radical (unpaired) electrons. The van der Waals surface area contributed by atoms with Gasteiger partial charge in [0, 0.05) is 12.6 Å². The summed E-state index contributed by atoms with van der Waals surface area (Å²) >= 11 is 0. The molecular formula is C10H12N4O2. The molecule has 0 aromatic heterocycles. The number of hydrogen-bond donors (Lipinski definition) is 0. The molecule has 0 spiro atoms. The number of rotatable bonds is 4. The lowest BCUT2D eigenvalue weighted by atomic mass is 10.4. The fourth-order valence-electron chi connectivity index (χ4n) is 1.27. The summed E-state index contributed by atoms with van der Waals surface area (Å²) in [6.45, 7) is 2.68. The van der Waals surface area contributed by atoms with Gasteiger partial charge in [0.15, 0.2) is 5.82 Å². The molecule has 0 saturated heterocycles. The lowest BCUT2D eigenvalue weighted by Crippen LogP contribution is -2.11. The van der Waals surface area contributed by atoms with Crippen LogP contribution in [0, 0.1) is 0 Å². The predicted molar refractivity (Wildman–Crippen MR) is 55.7 cm³/mol. The van der Waals surface area contributed by atoms with Crippen molar-refractivity contribution < 1.29 is 9.53 Å². The van der Waals surface area contributed by atoms with Crippen LogP contribution in [0.25, 0.3) is 11.5 Å². The van der Waals surface area contributed by atoms with E-state index in [1.165, 1.54) is 6.33 Å². The molecule has 2 rings (SSSR count). The molecule has 0 aromatic rings. The summed E-state index contributed by atoms with van der Waals surface area (Å²) in [4.78, 5) is 23.0. The first-order chi connectivity index (χ1) is 7.79. The van der Waals surface area contributed by atoms with Gasteiger partial charge in [0.1, 0.15) is 18.6 Å². The van der Waals surface area contributed by atoms with Crippen LogP contribution >= 0.6 is 0 Å². The molecule has 0 aliphatic carbocycles. The Morgan fingerprint density at radius 1 is 1.44 bits per heavy atom. The molecule has 2 heterocycles. The number of ether oxygens (including phenoxy) is 1. The van der Waals surface area contributed by atoms with Gasteiger partial charge in [0.2, 0.25) is 0 Å². The van der Waals surface area contributed by atoms with Crippen LogP contribution in [0.3, 0.4) is 0 Å². The van der Waals surface area contributed by atoms with E-state index < -0.39 is 0 Å². The van der Waals surface area contributed by atoms with Gasteiger partial charge >= 0.3 is 5.97 Å². The van der Waals surface area contributed by atoms with Gasteiger partial charge in [-0.3, -0.25) is 4.79 Å². The van der Waals surface area contributed by atoms with E-state index in [0.29, 0.717) is 25.4 Å². The van der Waals surface area contributed by atoms with Crippen LogP contribution in [0.15, 0.2) is 18.9 Å². The van der Waals surface area contributed by atoms with Crippen molar-refractivity contribution in [1.29, 1.82) is 0 Å². The van der Waals surface area contributed by atoms with Crippen LogP contribution in [0.5, 0.6) is 0 Å². The monoisotopic (exact) mass is 220 g/mol. The van der Waals surface area contributed by atoms with Gasteiger partial charge in [0.25, 0.3) is 0 Å². The third kappa shape index (κ3) is 2.33. The van der Waals surface area contributed by atoms with Gasteiger partial charge in [-0.25, -0.2) is 15.0 Å². The summed E-state index contributed by atoms with van der Waals surface area (Å²) < 4.78 is 6.78. The number of carbonyl (C=O) groups is 1. The molecular weight excluding hydrogens is 208 g/mol. The summed E-state index contributed by atoms with van der Waals surface area (Å²) in [7, 11) is 0. The first-order valence-corrected chi connectivity index (χ1v) is 5.07. The first kappa shape index (κ1) is 10.5. The van der Waals surface area contributed by atoms with Crippen LogP contribution < -0.4 is 0 Å². The average molecular weight is 220 g/mol. The van der Waals surface area contributed by atoms with E-state index >= 15 is 0 Å². The highest BCUT2D eigenvalue weighted by Gasteiger charge is 2.06. The summed E-state index contributed by atoms with van der Waals surface area (Å²) in [5.41, 5.74) is 0.740. The Bertz CT molecular complexity index is 454. The lowest BCUT2D eigenvalue weighted by Gasteiger charge is -2.07. The first-order valence-electron chi connectivity index (χ1n) is 5.07. The van der Waals surface area contributed by atoms with E-state index in [1.54, 1.807) is 13.3 Å². The summed E-state index contributed by atoms with van der Waals surface area (Å²) in [6.07, 6.45) is 5.35. The van der Waals surface area contributed by atoms with Crippen LogP contribution in [0.1, 0.15) is 13.3 Å². The Morgan fingerprint density at radius 2 is 2.31 bits per heavy atom. The third-order valence-corrected chi connectivity index (χ3v) is 2.12. The molecule has 0 aromatic carbocycles. The second kappa shape index (κ2) is 4.69. The Balaban J connectivity index is 1.94. The minimum absolute atomic E-state index is 0.192. The van der Waals surface area contributed by atoms with Crippen LogP contribution in [0.4, 0.5) is 0 Å². The predicted octanol–water partition coefficient (Wildman–Crippen LogP) is 0.731. The van der Waals surface area contributed by atoms with Gasteiger partial charge in [-0.1, -0.05) is 6.92 Å². The quantitative estimate of drug-likeness (QED) is 0.710. The molecule has 6 heteroatoms. The Morgan fingerprint density at radius 3 is 3.12 bits per heavy atom. The molecule has 0 atom stereocenters. The van der Waals surface area contributed by atoms with Crippen molar-refractivity contribution in [2.24, 2.45) is 0 Å². The smallest absolute Gasteiger partial charge is 0.305 e. The Labute approximate surface area is 92.6 Å². The van der Waals surface area contributed by atoms with E-state index in [9.17, 15) is 4.79 Å². The minimum Gasteiger partial charge on any atom is -0.464 e. The average Bonchev–Trinajstić information content (AvgIpc) is 2.76. The molecule has 0 unspecified atom stereocenters. The molecule has 2 aliphatic rings. The summed E-state index contributed by atoms with van der Waals surface area (Å²) in [5, 5.41) is 0. The number of fused-ring (bicyclic) bond motifs is 1. The number of aromatic nitrogens is 4. The standard InChI is InChI=1S/C10H12N4O2/c1-2-9(15)16-4-3-14-5-8-10(13-7-14)12-6-11-8/h5-7H,2-4H2,1H3. The highest BCUT2D eigenvalue weighted by atomic mass is 16.5. The fraction of sp³-hybridized carbons (Fsp3) is 0.400. The largest absolute Gasteiger partial charge is 0.464 e. The Kier molecular flexibility index (Phi) is 3.09. The van der Waals surface area contributed by atoms with Crippen LogP contribution in [0.2, 0.25) is 0 Å². The number of nitrogens with zero attached hydrogens (tertiary/aromatic N) is 4. The van der Waals surface area contributed by atoms with E-state index in [2.05, 4.69) is 15.0 Å². The third-order valence-electron chi connectivity index (χ3n) is 2.12. The maximum atomic E-state index is 10.9. The van der Waals surface area contributed by atoms with E-state index in [1.807, 2.05) is 10.8 Å². The van der Waals surface area contributed by atoms with Gasteiger partial charge in [-0.15, -0.1) is 0 Å². The molecule has 0 bridgehead atoms. The second-order valence-corrected chi connectivity index (χ2v) is 3.27. The molecule has 2 aliphatic heterocycles. The van der Waals surface area contributed by atoms with Crippen LogP contribution in [-0.2, 0) is 16.1 Å². The van der Waals surface area contributed by atoms with Crippen molar-refractivity contribution in [2.45, 2.75) is 19.9 Å². The maximum absolute atomic E-state index is 10.9. The molecule has 16 heavy (non-hydrogen) atoms. The Hall–Kier alpha value is -1.98. The number of esters is 1. The minimum atomic E-state index is -0.192. The van der Waals surface area contributed by atoms with Crippen molar-refractivity contribution in [3.8, 4) is 11.5 Å². The zero-order valence-corrected chi connectivity index (χ0v) is 8.96. The SMILES string of the molecule is CCC(=O)OCCn1cnc2ncnc-2c1. The molecule has 0 amide bonds. The summed E-state index contributed by atoms with van der Waals surface area (Å²) in [6, 6.07) is 0. The van der Waals surface area contributed by atoms with Crippen molar-refractivity contribution in [2.75, 3.05) is 6.61 Å². The number of hydrogen-bond acceptors (Lipinski definition) is 5. The number of imidazole rings is 1. The highest BCUT2D eigenvalue weighted by Crippen LogP contribution is 2.11. The molecule has 6 nitrogen and oxygen atoms in total. The van der Waals surface area contributed by atoms with Crippen molar-refractivity contribution >= 4 is 5.97 Å². The lowest BCUT2D eigenvalue weighted by molar-refractivity contribution is -0.143. The molecule has 0 N–H and O–H groups in total. The zero-order valence-electron chi connectivity index (χ0n) is 8.96. The van der Waals surface area contributed by atoms with Crippen LogP contribution in [-0.4, -0.2) is 32.1 Å². The molecule has 84 valence electrons. The van der Waals surface area contributed by atoms with E-state index in [0.717, 1.165) is 5.69 Å². The molecule has 0 saturated carbocycles. The van der Waals surface area contributed by atoms with Crippen molar-refractivity contribution in [3.63, 3.8) is 0 Å². The van der Waals surface area contributed by atoms with E-state index in [4.69, 9.17) is 4.74 Å². The molecule has 0 fully saturated rings. The van der Waals surface area contributed by atoms with Gasteiger partial charge in [-0.05, 0) is 0 Å². The number of carbonyl (C=O) groups excluding carboxylic acids is 1. The van der Waals surface area contributed by atoms with Gasteiger partial charge in [0.05, 0.1) is 12.9 Å². The van der Waals surface area contributed by atoms with Gasteiger partial charge in [-0.2, -0.15) is 0 Å². The highest BCUT2D eigenvalue weighted by molar-refractivity contribution is 5.68. The van der Waals surface area contributed by atoms with Crippen molar-refractivity contribution in [1.82, 2.24) is 19.5 Å². The summed E-state index contributed by atoms with van der Waals surface area (Å²) in [5.74, 6) is 0.435. The fourth-order valence-corrected chi connectivity index (χ4v) is 1.27. The second-order valence-electron chi connectivity index (χ2n) is 3.27.